The van der Waals surface area contributed by atoms with Crippen molar-refractivity contribution in [1.29, 1.82) is 0 Å². The van der Waals surface area contributed by atoms with Crippen molar-refractivity contribution in [1.82, 2.24) is 40.3 Å². The Hall–Kier alpha value is -5.04. The highest BCUT2D eigenvalue weighted by atomic mass is 32.2. The van der Waals surface area contributed by atoms with E-state index in [1.54, 1.807) is 42.5 Å². The number of ether oxygens (including phenoxy) is 1. The molecule has 4 aromatic rings. The number of nitrogens with two attached hydrogens (primary N) is 1. The smallest absolute Gasteiger partial charge is 0.264 e. The number of carbonyl (C=O) groups is 3. The molecule has 0 radical (unpaired) electrons. The van der Waals surface area contributed by atoms with Crippen LogP contribution in [0.5, 0.6) is 5.75 Å². The van der Waals surface area contributed by atoms with Crippen LogP contribution in [0, 0.1) is 11.8 Å². The summed E-state index contributed by atoms with van der Waals surface area (Å²) in [7, 11) is -15.8. The number of carbonyl (C=O) groups excluding carboxylic acids is 3. The number of hydrogen-bond acceptors (Lipinski definition) is 16. The zero-order valence-electron chi connectivity index (χ0n) is 44.1. The van der Waals surface area contributed by atoms with Gasteiger partial charge in [-0.3, -0.25) is 47.3 Å². The van der Waals surface area contributed by atoms with Crippen molar-refractivity contribution >= 4 is 66.1 Å². The number of benzene rings is 1. The van der Waals surface area contributed by atoms with Gasteiger partial charge >= 0.3 is 0 Å². The lowest BCUT2D eigenvalue weighted by Gasteiger charge is -2.26. The Kier molecular flexibility index (Phi) is 23.9. The standard InChI is InChI=1S/C51H72N9O13P3S/c1-5-6-18-53-47(62)16-12-40-28-43(56-50(31-40)75(3,66)67)35-59-22-20-58(34-42-27-39(30-49(55-42)74(2,64)65)9-8-38-10-14-46(15-11-38)73-37-45(61)33-52)21-23-60(25-24-59)36-44-29-41(32-51(57-44)76(4,68)69)13-17-48(63)54-19-7-26-77(70,71)72/h10-11,14-15,27-32H,5-7,12-13,16-26,33-37,52H2,1-4H3,(H,53,62)(H,54,63)(H,64,65)(H,66,67)(H,68,69)(H,70,71,72). The van der Waals surface area contributed by atoms with Crippen LogP contribution in [0.25, 0.3) is 0 Å². The molecule has 4 heterocycles. The van der Waals surface area contributed by atoms with Crippen LogP contribution in [-0.4, -0.2) is 166 Å². The Morgan fingerprint density at radius 2 is 1.06 bits per heavy atom. The van der Waals surface area contributed by atoms with Crippen molar-refractivity contribution in [2.75, 3.05) is 91.3 Å². The molecule has 3 atom stereocenters. The van der Waals surface area contributed by atoms with Crippen LogP contribution < -0.4 is 37.4 Å². The summed E-state index contributed by atoms with van der Waals surface area (Å²) in [6.07, 6.45) is 2.48. The van der Waals surface area contributed by atoms with Crippen LogP contribution in [0.3, 0.4) is 0 Å². The maximum atomic E-state index is 13.2. The van der Waals surface area contributed by atoms with Crippen LogP contribution in [-0.2, 0) is 70.7 Å². The maximum Gasteiger partial charge on any atom is 0.264 e. The van der Waals surface area contributed by atoms with Gasteiger partial charge in [-0.1, -0.05) is 25.2 Å². The third-order valence-corrected chi connectivity index (χ3v) is 16.3. The van der Waals surface area contributed by atoms with Gasteiger partial charge in [0.25, 0.3) is 10.1 Å². The quantitative estimate of drug-likeness (QED) is 0.0204. The molecule has 0 spiro atoms. The second-order valence-electron chi connectivity index (χ2n) is 19.3. The van der Waals surface area contributed by atoms with E-state index in [1.807, 2.05) is 13.0 Å². The molecule has 77 heavy (non-hydrogen) atoms. The van der Waals surface area contributed by atoms with Gasteiger partial charge in [0.2, 0.25) is 33.9 Å². The number of nitrogens with zero attached hydrogens (tertiary/aromatic N) is 6. The van der Waals surface area contributed by atoms with Crippen LogP contribution in [0.1, 0.15) is 78.4 Å². The van der Waals surface area contributed by atoms with Crippen molar-refractivity contribution in [2.24, 2.45) is 5.73 Å². The van der Waals surface area contributed by atoms with Gasteiger partial charge in [0.15, 0.2) is 5.78 Å². The van der Waals surface area contributed by atoms with E-state index in [9.17, 15) is 51.2 Å². The lowest BCUT2D eigenvalue weighted by atomic mass is 10.1. The maximum absolute atomic E-state index is 13.2. The number of aryl methyl sites for hydroxylation is 2. The van der Waals surface area contributed by atoms with E-state index in [2.05, 4.69) is 52.1 Å². The summed E-state index contributed by atoms with van der Waals surface area (Å²) in [6.45, 7) is 9.51. The minimum atomic E-state index is -4.18. The molecule has 0 bridgehead atoms. The summed E-state index contributed by atoms with van der Waals surface area (Å²) in [6, 6.07) is 16.7. The number of nitrogens with one attached hydrogen (secondary N) is 2. The predicted molar refractivity (Wildman–Crippen MR) is 295 cm³/mol. The SMILES string of the molecule is CCCCNC(=O)CCc1cc(CN2CCN(Cc3cc(C#Cc4ccc(OCC(=O)CN)cc4)cc(P(C)(=O)O)n3)CCN(Cc3cc(CCC(=O)NCCCS(=O)(=O)O)cc(P(C)(=O)O)n3)CC2)nc(P(C)(=O)O)c1. The molecule has 1 aliphatic heterocycles. The van der Waals surface area contributed by atoms with Gasteiger partial charge in [0.05, 0.1) is 29.4 Å². The Morgan fingerprint density at radius 1 is 0.649 bits per heavy atom. The monoisotopic (exact) mass is 1140 g/mol. The van der Waals surface area contributed by atoms with Gasteiger partial charge in [-0.15, -0.1) is 0 Å². The first-order chi connectivity index (χ1) is 36.2. The Bertz CT molecular complexity index is 3010. The molecular formula is C51H72N9O13P3S. The average Bonchev–Trinajstić information content (AvgIpc) is 3.44. The fourth-order valence-electron chi connectivity index (χ4n) is 8.01. The summed E-state index contributed by atoms with van der Waals surface area (Å²) >= 11 is 0. The molecule has 3 aromatic heterocycles. The highest BCUT2D eigenvalue weighted by Gasteiger charge is 2.25. The molecule has 22 nitrogen and oxygen atoms in total. The minimum absolute atomic E-state index is 0.0103. The Balaban J connectivity index is 1.45. The topological polar surface area (TPSA) is 325 Å². The molecule has 3 unspecified atom stereocenters. The summed E-state index contributed by atoms with van der Waals surface area (Å²) in [5, 5.41) is 5.55. The molecule has 8 N–H and O–H groups in total. The lowest BCUT2D eigenvalue weighted by Crippen LogP contribution is -2.36. The normalized spacial score (nSPS) is 16.3. The number of pyridine rings is 3. The molecule has 1 aliphatic rings. The molecule has 0 saturated carbocycles. The average molecular weight is 1140 g/mol. The highest BCUT2D eigenvalue weighted by molar-refractivity contribution is 7.85. The predicted octanol–water partition coefficient (Wildman–Crippen LogP) is 1.75. The molecule has 420 valence electrons. The fourth-order valence-corrected chi connectivity index (χ4v) is 10.6. The van der Waals surface area contributed by atoms with E-state index in [0.717, 1.165) is 12.8 Å². The van der Waals surface area contributed by atoms with Gasteiger partial charge in [0.1, 0.15) is 28.7 Å². The van der Waals surface area contributed by atoms with Gasteiger partial charge < -0.3 is 35.8 Å². The first-order valence-electron chi connectivity index (χ1n) is 25.3. The van der Waals surface area contributed by atoms with E-state index >= 15 is 0 Å². The van der Waals surface area contributed by atoms with Gasteiger partial charge in [0, 0.05) is 116 Å². The van der Waals surface area contributed by atoms with Crippen molar-refractivity contribution in [3.8, 4) is 17.6 Å². The van der Waals surface area contributed by atoms with Crippen molar-refractivity contribution in [2.45, 2.75) is 71.5 Å². The Morgan fingerprint density at radius 3 is 1.48 bits per heavy atom. The van der Waals surface area contributed by atoms with E-state index in [-0.39, 0.29) is 98.9 Å². The summed E-state index contributed by atoms with van der Waals surface area (Å²) in [4.78, 5) is 89.5. The van der Waals surface area contributed by atoms with Crippen molar-refractivity contribution in [3.63, 3.8) is 0 Å². The molecule has 26 heteroatoms. The second kappa shape index (κ2) is 29.3. The number of unbranched alkanes of at least 4 members (excludes halogenated alkanes) is 1. The fraction of sp³-hybridized carbons (Fsp3) is 0.490. The second-order valence-corrected chi connectivity index (χ2v) is 27.5. The molecule has 5 rings (SSSR count). The zero-order chi connectivity index (χ0) is 56.4. The van der Waals surface area contributed by atoms with Crippen LogP contribution in [0.4, 0.5) is 0 Å². The number of ketones is 1. The molecule has 1 saturated heterocycles. The minimum Gasteiger partial charge on any atom is -0.486 e. The zero-order valence-corrected chi connectivity index (χ0v) is 47.6. The van der Waals surface area contributed by atoms with Crippen molar-refractivity contribution < 1.29 is 60.5 Å². The number of aromatic nitrogens is 3. The van der Waals surface area contributed by atoms with E-state index < -0.39 is 38.0 Å². The number of Topliss-reactive ketones (excluding diaryl/α,β-unsaturated/α-hetero) is 1. The Labute approximate surface area is 451 Å². The van der Waals surface area contributed by atoms with Gasteiger partial charge in [-0.2, -0.15) is 8.42 Å². The van der Waals surface area contributed by atoms with Crippen LogP contribution in [0.15, 0.2) is 60.7 Å². The van der Waals surface area contributed by atoms with Crippen LogP contribution >= 0.6 is 22.1 Å². The summed E-state index contributed by atoms with van der Waals surface area (Å²) in [5.74, 6) is 5.39. The largest absolute Gasteiger partial charge is 0.486 e. The lowest BCUT2D eigenvalue weighted by molar-refractivity contribution is -0.121. The molecule has 1 fully saturated rings. The van der Waals surface area contributed by atoms with Gasteiger partial charge in [-0.25, -0.2) is 15.0 Å². The van der Waals surface area contributed by atoms with Crippen LogP contribution in [0.2, 0.25) is 0 Å². The van der Waals surface area contributed by atoms with E-state index in [0.29, 0.717) is 97.3 Å². The number of amides is 2. The summed E-state index contributed by atoms with van der Waals surface area (Å²) in [5.41, 5.74) is 9.19. The number of rotatable bonds is 26. The summed E-state index contributed by atoms with van der Waals surface area (Å²) < 4.78 is 76.1. The first kappa shape index (κ1) is 62.8. The third-order valence-electron chi connectivity index (χ3n) is 12.2. The molecule has 2 amide bonds. The van der Waals surface area contributed by atoms with E-state index in [4.69, 9.17) is 15.0 Å². The molecular weight excluding hydrogens is 1070 g/mol. The highest BCUT2D eigenvalue weighted by Crippen LogP contribution is 2.35. The number of hydrogen-bond donors (Lipinski definition) is 7. The van der Waals surface area contributed by atoms with Crippen molar-refractivity contribution in [3.05, 3.63) is 100.0 Å². The first-order valence-corrected chi connectivity index (χ1v) is 33.2. The van der Waals surface area contributed by atoms with Gasteiger partial charge in [-0.05, 0) is 97.5 Å². The molecule has 1 aromatic carbocycles. The molecule has 0 aliphatic carbocycles. The third kappa shape index (κ3) is 23.1. The van der Waals surface area contributed by atoms with E-state index in [1.165, 1.54) is 32.1 Å².